The summed E-state index contributed by atoms with van der Waals surface area (Å²) in [6.45, 7) is 5.94. The van der Waals surface area contributed by atoms with E-state index in [4.69, 9.17) is 9.47 Å². The molecule has 0 aliphatic carbocycles. The van der Waals surface area contributed by atoms with Gasteiger partial charge in [-0.05, 0) is 93.4 Å². The van der Waals surface area contributed by atoms with Gasteiger partial charge < -0.3 is 34.5 Å². The molecule has 2 aliphatic rings. The number of hydrogen-bond donors (Lipinski definition) is 2. The predicted molar refractivity (Wildman–Crippen MR) is 225 cm³/mol. The number of unbranched alkanes of at least 4 members (excludes halogenated alkanes) is 2. The summed E-state index contributed by atoms with van der Waals surface area (Å²) in [5.41, 5.74) is 4.44. The summed E-state index contributed by atoms with van der Waals surface area (Å²) in [5.74, 6) is 0.199. The Morgan fingerprint density at radius 2 is 1.61 bits per heavy atom. The van der Waals surface area contributed by atoms with Crippen LogP contribution < -0.4 is 19.7 Å². The summed E-state index contributed by atoms with van der Waals surface area (Å²) in [6.07, 6.45) is 3.25. The van der Waals surface area contributed by atoms with Crippen LogP contribution in [0.2, 0.25) is 0 Å². The Hall–Kier alpha value is -6.54. The van der Waals surface area contributed by atoms with Crippen molar-refractivity contribution >= 4 is 51.9 Å². The zero-order valence-corrected chi connectivity index (χ0v) is 33.9. The second-order valence-corrected chi connectivity index (χ2v) is 15.0. The van der Waals surface area contributed by atoms with E-state index in [9.17, 15) is 24.0 Å². The van der Waals surface area contributed by atoms with E-state index < -0.39 is 5.91 Å². The molecule has 306 valence electrons. The first-order valence-corrected chi connectivity index (χ1v) is 19.9. The van der Waals surface area contributed by atoms with Crippen molar-refractivity contribution in [3.05, 3.63) is 113 Å². The number of aryl methyl sites for hydroxylation is 1. The second kappa shape index (κ2) is 17.9. The normalized spacial score (nSPS) is 14.1. The molecule has 5 amide bonds. The van der Waals surface area contributed by atoms with Gasteiger partial charge in [0.15, 0.2) is 0 Å². The van der Waals surface area contributed by atoms with Crippen LogP contribution in [0.25, 0.3) is 11.0 Å². The van der Waals surface area contributed by atoms with Gasteiger partial charge in [0.2, 0.25) is 5.91 Å². The van der Waals surface area contributed by atoms with Crippen molar-refractivity contribution in [3.63, 3.8) is 0 Å². The van der Waals surface area contributed by atoms with Crippen LogP contribution in [0.3, 0.4) is 0 Å². The van der Waals surface area contributed by atoms with E-state index in [1.807, 2.05) is 30.0 Å². The number of anilines is 2. The molecule has 1 fully saturated rings. The maximum Gasteiger partial charge on any atom is 0.261 e. The third-order valence-corrected chi connectivity index (χ3v) is 10.9. The van der Waals surface area contributed by atoms with Crippen LogP contribution >= 0.6 is 0 Å². The molecule has 0 spiro atoms. The van der Waals surface area contributed by atoms with Gasteiger partial charge in [-0.1, -0.05) is 24.3 Å². The molecule has 3 heterocycles. The quantitative estimate of drug-likeness (QED) is 0.0964. The van der Waals surface area contributed by atoms with Gasteiger partial charge in [0.05, 0.1) is 47.3 Å². The molecule has 14 nitrogen and oxygen atoms in total. The second-order valence-electron chi connectivity index (χ2n) is 15.0. The van der Waals surface area contributed by atoms with E-state index in [0.29, 0.717) is 75.0 Å². The van der Waals surface area contributed by atoms with Crippen molar-refractivity contribution in [2.45, 2.75) is 39.0 Å². The van der Waals surface area contributed by atoms with E-state index in [1.54, 1.807) is 67.7 Å². The molecule has 7 rings (SSSR count). The van der Waals surface area contributed by atoms with Gasteiger partial charge in [-0.2, -0.15) is 0 Å². The fourth-order valence-corrected chi connectivity index (χ4v) is 7.43. The Morgan fingerprint density at radius 3 is 2.34 bits per heavy atom. The first kappa shape index (κ1) is 40.6. The number of methoxy groups -OCH3 is 1. The molecular formula is C45H49N7O7. The molecule has 4 aromatic carbocycles. The summed E-state index contributed by atoms with van der Waals surface area (Å²) >= 11 is 0. The fourth-order valence-electron chi connectivity index (χ4n) is 7.43. The van der Waals surface area contributed by atoms with Crippen molar-refractivity contribution in [3.8, 4) is 11.5 Å². The highest BCUT2D eigenvalue weighted by Crippen LogP contribution is 2.33. The Morgan fingerprint density at radius 1 is 0.864 bits per heavy atom. The molecule has 0 radical (unpaired) electrons. The molecule has 1 saturated heterocycles. The topological polar surface area (TPSA) is 157 Å². The summed E-state index contributed by atoms with van der Waals surface area (Å²) in [7, 11) is 5.22. The van der Waals surface area contributed by atoms with E-state index in [-0.39, 0.29) is 36.6 Å². The lowest BCUT2D eigenvalue weighted by Crippen LogP contribution is -2.47. The number of aromatic nitrogens is 2. The van der Waals surface area contributed by atoms with Crippen molar-refractivity contribution < 1.29 is 33.4 Å². The van der Waals surface area contributed by atoms with Gasteiger partial charge >= 0.3 is 0 Å². The number of nitrogens with zero attached hydrogens (tertiary/aromatic N) is 5. The molecule has 0 saturated carbocycles. The van der Waals surface area contributed by atoms with Crippen molar-refractivity contribution in [1.29, 1.82) is 0 Å². The van der Waals surface area contributed by atoms with E-state index in [0.717, 1.165) is 51.0 Å². The SMILES string of the molecule is COc1cc(C(=O)N(C)c2ccc(C)cc2OCCCCCC(=O)N2CCN(C)CC2)ccc1NC(=O)c1cccc2[nH]c(CCN3C(=O)c4ccccc4C3=O)nc12. The van der Waals surface area contributed by atoms with Gasteiger partial charge in [-0.25, -0.2) is 4.98 Å². The van der Waals surface area contributed by atoms with Crippen LogP contribution in [-0.2, 0) is 11.2 Å². The highest BCUT2D eigenvalue weighted by molar-refractivity contribution is 6.21. The van der Waals surface area contributed by atoms with Gasteiger partial charge in [0.25, 0.3) is 23.6 Å². The highest BCUT2D eigenvalue weighted by atomic mass is 16.5. The molecule has 2 aliphatic heterocycles. The summed E-state index contributed by atoms with van der Waals surface area (Å²) < 4.78 is 11.8. The highest BCUT2D eigenvalue weighted by Gasteiger charge is 2.35. The molecule has 2 N–H and O–H groups in total. The maximum atomic E-state index is 13.8. The smallest absolute Gasteiger partial charge is 0.261 e. The lowest BCUT2D eigenvalue weighted by atomic mass is 10.1. The Balaban J connectivity index is 0.959. The van der Waals surface area contributed by atoms with Crippen molar-refractivity contribution in [1.82, 2.24) is 24.7 Å². The Labute approximate surface area is 343 Å². The molecule has 14 heteroatoms. The summed E-state index contributed by atoms with van der Waals surface area (Å²) in [6, 6.07) is 22.5. The van der Waals surface area contributed by atoms with E-state index >= 15 is 0 Å². The van der Waals surface area contributed by atoms with Crippen LogP contribution in [0, 0.1) is 6.92 Å². The number of fused-ring (bicyclic) bond motifs is 2. The van der Waals surface area contributed by atoms with Crippen LogP contribution in [0.15, 0.2) is 78.9 Å². The number of carbonyl (C=O) groups is 5. The average molecular weight is 800 g/mol. The number of ether oxygens (including phenoxy) is 2. The Kier molecular flexibility index (Phi) is 12.4. The lowest BCUT2D eigenvalue weighted by molar-refractivity contribution is -0.132. The summed E-state index contributed by atoms with van der Waals surface area (Å²) in [5, 5.41) is 2.90. The minimum atomic E-state index is -0.438. The number of benzene rings is 4. The first-order chi connectivity index (χ1) is 28.5. The zero-order valence-electron chi connectivity index (χ0n) is 33.9. The van der Waals surface area contributed by atoms with Crippen LogP contribution in [0.4, 0.5) is 11.4 Å². The minimum Gasteiger partial charge on any atom is -0.495 e. The minimum absolute atomic E-state index is 0.130. The van der Waals surface area contributed by atoms with Gasteiger partial charge in [-0.15, -0.1) is 0 Å². The average Bonchev–Trinajstić information content (AvgIpc) is 3.78. The van der Waals surface area contributed by atoms with Gasteiger partial charge in [0, 0.05) is 58.2 Å². The summed E-state index contributed by atoms with van der Waals surface area (Å²) in [4.78, 5) is 80.6. The molecule has 59 heavy (non-hydrogen) atoms. The van der Waals surface area contributed by atoms with E-state index in [1.165, 1.54) is 16.9 Å². The van der Waals surface area contributed by atoms with Crippen molar-refractivity contribution in [2.24, 2.45) is 0 Å². The number of aromatic amines is 1. The van der Waals surface area contributed by atoms with Gasteiger partial charge in [-0.3, -0.25) is 28.9 Å². The number of para-hydroxylation sites is 1. The predicted octanol–water partition coefficient (Wildman–Crippen LogP) is 5.96. The molecular weight excluding hydrogens is 751 g/mol. The molecule has 0 unspecified atom stereocenters. The number of imide groups is 1. The number of H-pyrrole nitrogens is 1. The largest absolute Gasteiger partial charge is 0.495 e. The monoisotopic (exact) mass is 799 g/mol. The standard InChI is InChI=1S/C45H49N7O7/c1-29-16-19-36(38(27-29)59-26-9-5-6-15-40(53)51-24-22-49(2)23-25-51)50(3)43(55)30-17-18-34(37(28-30)58-4)47-42(54)33-13-10-14-35-41(33)48-39(46-35)20-21-52-44(56)31-11-7-8-12-32(31)45(52)57/h7-8,10-14,16-19,27-28H,5-6,9,15,20-26H2,1-4H3,(H,46,48)(H,47,54). The number of nitrogens with one attached hydrogen (secondary N) is 2. The maximum absolute atomic E-state index is 13.8. The van der Waals surface area contributed by atoms with Crippen LogP contribution in [0.5, 0.6) is 11.5 Å². The molecule has 0 bridgehead atoms. The van der Waals surface area contributed by atoms with E-state index in [2.05, 4.69) is 27.2 Å². The number of carbonyl (C=O) groups excluding carboxylic acids is 5. The number of amides is 5. The Bertz CT molecular complexity index is 2370. The fraction of sp³-hybridized carbons (Fsp3) is 0.333. The number of hydrogen-bond acceptors (Lipinski definition) is 9. The third-order valence-electron chi connectivity index (χ3n) is 10.9. The molecule has 5 aromatic rings. The number of imidazole rings is 1. The van der Waals surface area contributed by atoms with Gasteiger partial charge in [0.1, 0.15) is 22.8 Å². The van der Waals surface area contributed by atoms with Crippen LogP contribution in [-0.4, -0.2) is 115 Å². The van der Waals surface area contributed by atoms with Crippen LogP contribution in [0.1, 0.15) is 78.5 Å². The number of rotatable bonds is 15. The first-order valence-electron chi connectivity index (χ1n) is 19.9. The third kappa shape index (κ3) is 8.97. The number of piperazine rings is 1. The zero-order chi connectivity index (χ0) is 41.6. The molecule has 1 aromatic heterocycles. The number of likely N-dealkylation sites (N-methyl/N-ethyl adjacent to an activating group) is 1. The molecule has 0 atom stereocenters. The lowest BCUT2D eigenvalue weighted by Gasteiger charge is -2.32. The van der Waals surface area contributed by atoms with Crippen molar-refractivity contribution in [2.75, 3.05) is 70.8 Å².